The van der Waals surface area contributed by atoms with Gasteiger partial charge in [0, 0.05) is 61.3 Å². The summed E-state index contributed by atoms with van der Waals surface area (Å²) in [6, 6.07) is 7.67. The van der Waals surface area contributed by atoms with Crippen molar-refractivity contribution >= 4 is 28.5 Å². The van der Waals surface area contributed by atoms with Crippen LogP contribution in [-0.2, 0) is 10.2 Å². The molecule has 1 aromatic carbocycles. The predicted molar refractivity (Wildman–Crippen MR) is 151 cm³/mol. The number of carbonyl (C=O) groups excluding carboxylic acids is 1. The Hall–Kier alpha value is -2.84. The number of carboxylic acid groups (broad SMARTS) is 1. The van der Waals surface area contributed by atoms with E-state index in [0.717, 1.165) is 42.0 Å². The predicted octanol–water partition coefficient (Wildman–Crippen LogP) is 4.29. The number of piperazine rings is 1. The molecule has 0 radical (unpaired) electrons. The Morgan fingerprint density at radius 1 is 1.05 bits per heavy atom. The quantitative estimate of drug-likeness (QED) is 0.627. The van der Waals surface area contributed by atoms with Crippen LogP contribution in [0, 0.1) is 11.8 Å². The third kappa shape index (κ3) is 4.84. The van der Waals surface area contributed by atoms with Crippen molar-refractivity contribution in [2.45, 2.75) is 52.0 Å². The van der Waals surface area contributed by atoms with E-state index in [2.05, 4.69) is 49.5 Å². The lowest BCUT2D eigenvalue weighted by atomic mass is 9.72. The highest BCUT2D eigenvalue weighted by Gasteiger charge is 2.46. The molecule has 1 atom stereocenters. The summed E-state index contributed by atoms with van der Waals surface area (Å²) in [5, 5.41) is 11.3. The number of fused-ring (bicyclic) bond motifs is 3. The zero-order chi connectivity index (χ0) is 27.2. The van der Waals surface area contributed by atoms with Crippen molar-refractivity contribution < 1.29 is 14.7 Å². The fraction of sp³-hybridized carbons (Fsp3) is 0.600. The molecule has 1 aromatic heterocycles. The third-order valence-electron chi connectivity index (χ3n) is 9.01. The van der Waals surface area contributed by atoms with E-state index in [1.165, 1.54) is 25.9 Å². The molecule has 1 unspecified atom stereocenters. The second-order valence-corrected chi connectivity index (χ2v) is 12.4. The second-order valence-electron chi connectivity index (χ2n) is 12.4. The topological polar surface area (TPSA) is 83.1 Å². The largest absolute Gasteiger partial charge is 0.478 e. The minimum absolute atomic E-state index is 0.0936. The van der Waals surface area contributed by atoms with E-state index in [9.17, 15) is 14.7 Å². The first-order valence-electron chi connectivity index (χ1n) is 14.1. The van der Waals surface area contributed by atoms with Crippen LogP contribution in [0.25, 0.3) is 16.5 Å². The number of aromatic nitrogens is 1. The smallest absolute Gasteiger partial charge is 0.339 e. The van der Waals surface area contributed by atoms with Crippen molar-refractivity contribution in [3.8, 4) is 0 Å². The van der Waals surface area contributed by atoms with Gasteiger partial charge in [0.2, 0.25) is 0 Å². The third-order valence-corrected chi connectivity index (χ3v) is 9.01. The number of aromatic amines is 1. The molecule has 5 rings (SSSR count). The number of amides is 2. The molecule has 0 bridgehead atoms. The van der Waals surface area contributed by atoms with Crippen molar-refractivity contribution in [1.29, 1.82) is 0 Å². The summed E-state index contributed by atoms with van der Waals surface area (Å²) in [7, 11) is 2.19. The summed E-state index contributed by atoms with van der Waals surface area (Å²) in [6.07, 6.45) is 4.08. The lowest BCUT2D eigenvalue weighted by Crippen LogP contribution is -2.58. The van der Waals surface area contributed by atoms with Crippen LogP contribution in [0.4, 0.5) is 4.79 Å². The van der Waals surface area contributed by atoms with E-state index in [4.69, 9.17) is 0 Å². The lowest BCUT2D eigenvalue weighted by molar-refractivity contribution is -0.130. The highest BCUT2D eigenvalue weighted by Crippen LogP contribution is 2.45. The molecule has 2 N–H and O–H groups in total. The van der Waals surface area contributed by atoms with Crippen LogP contribution >= 0.6 is 0 Å². The van der Waals surface area contributed by atoms with Crippen LogP contribution in [0.2, 0.25) is 0 Å². The summed E-state index contributed by atoms with van der Waals surface area (Å²) in [4.78, 5) is 38.6. The Morgan fingerprint density at radius 3 is 2.34 bits per heavy atom. The number of aliphatic carboxylic acids is 1. The van der Waals surface area contributed by atoms with Gasteiger partial charge in [-0.1, -0.05) is 45.9 Å². The van der Waals surface area contributed by atoms with Gasteiger partial charge in [-0.2, -0.15) is 0 Å². The summed E-state index contributed by atoms with van der Waals surface area (Å²) < 4.78 is 0. The minimum atomic E-state index is -1.03. The van der Waals surface area contributed by atoms with Gasteiger partial charge in [-0.15, -0.1) is 0 Å². The number of carbonyl (C=O) groups is 2. The van der Waals surface area contributed by atoms with E-state index in [1.54, 1.807) is 11.1 Å². The van der Waals surface area contributed by atoms with Gasteiger partial charge in [-0.05, 0) is 56.4 Å². The number of piperidine rings is 1. The van der Waals surface area contributed by atoms with E-state index < -0.39 is 11.4 Å². The molecule has 8 heteroatoms. The average Bonchev–Trinajstić information content (AvgIpc) is 3.23. The molecule has 0 spiro atoms. The van der Waals surface area contributed by atoms with Crippen molar-refractivity contribution in [1.82, 2.24) is 24.6 Å². The molecular weight excluding hydrogens is 478 g/mol. The normalized spacial score (nSPS) is 23.4. The molecule has 3 aliphatic heterocycles. The number of likely N-dealkylation sites (tertiary alicyclic amines) is 1. The highest BCUT2D eigenvalue weighted by atomic mass is 16.4. The summed E-state index contributed by atoms with van der Waals surface area (Å²) in [5.74, 6) is -0.181. The molecule has 206 valence electrons. The number of hydrogen-bond acceptors (Lipinski definition) is 4. The van der Waals surface area contributed by atoms with E-state index in [1.807, 2.05) is 29.2 Å². The molecule has 3 aliphatic rings. The number of nitrogens with zero attached hydrogens (tertiary/aromatic N) is 4. The number of urea groups is 1. The van der Waals surface area contributed by atoms with Crippen molar-refractivity contribution in [3.05, 3.63) is 41.7 Å². The number of H-pyrrole nitrogens is 1. The molecule has 2 saturated heterocycles. The van der Waals surface area contributed by atoms with Crippen LogP contribution in [-0.4, -0.2) is 101 Å². The Labute approximate surface area is 226 Å². The van der Waals surface area contributed by atoms with Crippen LogP contribution in [0.15, 0.2) is 30.5 Å². The number of benzene rings is 1. The molecule has 2 aromatic rings. The minimum Gasteiger partial charge on any atom is -0.478 e. The first kappa shape index (κ1) is 26.8. The fourth-order valence-electron chi connectivity index (χ4n) is 7.18. The first-order chi connectivity index (χ1) is 18.1. The first-order valence-corrected chi connectivity index (χ1v) is 14.1. The van der Waals surface area contributed by atoms with Crippen LogP contribution in [0.3, 0.4) is 0 Å². The van der Waals surface area contributed by atoms with E-state index >= 15 is 0 Å². The Balaban J connectivity index is 1.42. The molecule has 38 heavy (non-hydrogen) atoms. The van der Waals surface area contributed by atoms with Crippen LogP contribution in [0.1, 0.15) is 51.8 Å². The number of carboxylic acids is 1. The molecule has 2 amide bonds. The fourth-order valence-corrected chi connectivity index (χ4v) is 7.18. The number of nitrogens with one attached hydrogen (secondary N) is 1. The maximum absolute atomic E-state index is 14.1. The number of hydrogen-bond donors (Lipinski definition) is 2. The number of rotatable bonds is 4. The highest BCUT2D eigenvalue weighted by molar-refractivity contribution is 6.17. The zero-order valence-corrected chi connectivity index (χ0v) is 23.5. The van der Waals surface area contributed by atoms with E-state index in [0.29, 0.717) is 18.8 Å². The maximum Gasteiger partial charge on any atom is 0.339 e. The van der Waals surface area contributed by atoms with Gasteiger partial charge in [0.15, 0.2) is 0 Å². The second kappa shape index (κ2) is 10.4. The van der Waals surface area contributed by atoms with E-state index in [-0.39, 0.29) is 23.6 Å². The monoisotopic (exact) mass is 521 g/mol. The number of para-hydroxylation sites is 1. The van der Waals surface area contributed by atoms with Gasteiger partial charge in [-0.3, -0.25) is 9.80 Å². The lowest BCUT2D eigenvalue weighted by Gasteiger charge is -2.45. The molecule has 0 aliphatic carbocycles. The Kier molecular flexibility index (Phi) is 7.31. The maximum atomic E-state index is 14.1. The Morgan fingerprint density at radius 2 is 1.71 bits per heavy atom. The summed E-state index contributed by atoms with van der Waals surface area (Å²) in [6.45, 7) is 15.0. The molecule has 0 saturated carbocycles. The molecule has 8 nitrogen and oxygen atoms in total. The molecule has 4 heterocycles. The van der Waals surface area contributed by atoms with Gasteiger partial charge in [0.05, 0.1) is 11.3 Å². The summed E-state index contributed by atoms with van der Waals surface area (Å²) >= 11 is 0. The van der Waals surface area contributed by atoms with Crippen LogP contribution in [0.5, 0.6) is 0 Å². The van der Waals surface area contributed by atoms with Crippen molar-refractivity contribution in [3.63, 3.8) is 0 Å². The Bertz CT molecular complexity index is 1220. The van der Waals surface area contributed by atoms with Crippen molar-refractivity contribution in [2.75, 3.05) is 52.9 Å². The SMILES string of the molecule is CC(C)C1N(C(=O)N2CCN(CC3CCN(C)CC3)CC2)C=C(C(=O)O)c2[nH]c3ccccc3c2C1(C)C. The standard InChI is InChI=1S/C30H43N5O3/c1-20(2)27-30(3,4)25-22-8-6-7-9-24(22)31-26(25)23(28(36)37)19-35(27)29(38)34-16-14-33(15-17-34)18-21-10-12-32(5)13-11-21/h6-9,19-21,27,31H,10-18H2,1-5H3,(H,36,37). The van der Waals surface area contributed by atoms with Crippen molar-refractivity contribution in [2.24, 2.45) is 11.8 Å². The average molecular weight is 522 g/mol. The zero-order valence-electron chi connectivity index (χ0n) is 23.5. The van der Waals surface area contributed by atoms with Gasteiger partial charge in [0.25, 0.3) is 0 Å². The van der Waals surface area contributed by atoms with Gasteiger partial charge in [0.1, 0.15) is 0 Å². The summed E-state index contributed by atoms with van der Waals surface area (Å²) in [5.41, 5.74) is 2.15. The molecular formula is C30H43N5O3. The van der Waals surface area contributed by atoms with Gasteiger partial charge < -0.3 is 19.9 Å². The molecule has 2 fully saturated rings. The van der Waals surface area contributed by atoms with Crippen LogP contribution < -0.4 is 0 Å². The van der Waals surface area contributed by atoms with Gasteiger partial charge in [-0.25, -0.2) is 9.59 Å². The van der Waals surface area contributed by atoms with Gasteiger partial charge >= 0.3 is 12.0 Å².